The van der Waals surface area contributed by atoms with Crippen LogP contribution in [0.5, 0.6) is 0 Å². The number of carbonyl (C=O) groups is 2. The summed E-state index contributed by atoms with van der Waals surface area (Å²) >= 11 is 0. The van der Waals surface area contributed by atoms with Gasteiger partial charge < -0.3 is 35.0 Å². The minimum absolute atomic E-state index is 0.00443. The summed E-state index contributed by atoms with van der Waals surface area (Å²) in [4.78, 5) is 22.7. The summed E-state index contributed by atoms with van der Waals surface area (Å²) in [6.07, 6.45) is -0.898. The first-order valence-electron chi connectivity index (χ1n) is 9.16. The lowest BCUT2D eigenvalue weighted by molar-refractivity contribution is -0.300. The first kappa shape index (κ1) is 21.9. The number of carboxylic acid groups (broad SMARTS) is 1. The predicted octanol–water partition coefficient (Wildman–Crippen LogP) is -0.791. The SMILES string of the molecule is O=C(O)C[C@H]1CCC(=O)[C@@H]1C/C=C\CCO[C@@H]1O[C@@H](CO)[C@@H](O)[C@@H](O)[C@@H]1O. The van der Waals surface area contributed by atoms with Gasteiger partial charge in [0.1, 0.15) is 30.2 Å². The van der Waals surface area contributed by atoms with Gasteiger partial charge in [-0.2, -0.15) is 0 Å². The van der Waals surface area contributed by atoms with E-state index in [1.807, 2.05) is 6.08 Å². The van der Waals surface area contributed by atoms with E-state index in [0.29, 0.717) is 25.7 Å². The normalized spacial score (nSPS) is 37.2. The van der Waals surface area contributed by atoms with Gasteiger partial charge in [0.05, 0.1) is 13.2 Å². The van der Waals surface area contributed by atoms with Gasteiger partial charge in [0.2, 0.25) is 0 Å². The summed E-state index contributed by atoms with van der Waals surface area (Å²) in [5.74, 6) is -1.17. The number of hydrogen-bond acceptors (Lipinski definition) is 8. The van der Waals surface area contributed by atoms with Crippen LogP contribution in [0.1, 0.15) is 32.1 Å². The number of aliphatic hydroxyl groups is 4. The third kappa shape index (κ3) is 5.81. The maximum Gasteiger partial charge on any atom is 0.303 e. The number of carboxylic acids is 1. The molecule has 9 nitrogen and oxygen atoms in total. The Morgan fingerprint density at radius 2 is 1.93 bits per heavy atom. The molecule has 2 aliphatic rings. The second-order valence-corrected chi connectivity index (χ2v) is 7.03. The molecule has 5 N–H and O–H groups in total. The van der Waals surface area contributed by atoms with Gasteiger partial charge in [-0.25, -0.2) is 0 Å². The molecule has 2 fully saturated rings. The van der Waals surface area contributed by atoms with Crippen LogP contribution in [0.3, 0.4) is 0 Å². The van der Waals surface area contributed by atoms with E-state index < -0.39 is 43.3 Å². The first-order valence-corrected chi connectivity index (χ1v) is 9.16. The Morgan fingerprint density at radius 3 is 2.59 bits per heavy atom. The summed E-state index contributed by atoms with van der Waals surface area (Å²) in [6, 6.07) is 0. The molecule has 0 spiro atoms. The van der Waals surface area contributed by atoms with E-state index in [9.17, 15) is 24.9 Å². The maximum absolute atomic E-state index is 11.9. The van der Waals surface area contributed by atoms with E-state index in [1.165, 1.54) is 0 Å². The second kappa shape index (κ2) is 10.3. The quantitative estimate of drug-likeness (QED) is 0.252. The third-order valence-electron chi connectivity index (χ3n) is 5.15. The molecule has 154 valence electrons. The predicted molar refractivity (Wildman–Crippen MR) is 91.6 cm³/mol. The molecule has 0 aromatic heterocycles. The molecule has 1 aliphatic carbocycles. The van der Waals surface area contributed by atoms with Gasteiger partial charge in [-0.1, -0.05) is 12.2 Å². The number of hydrogen-bond donors (Lipinski definition) is 5. The Morgan fingerprint density at radius 1 is 1.19 bits per heavy atom. The molecule has 2 rings (SSSR count). The van der Waals surface area contributed by atoms with E-state index in [0.717, 1.165) is 0 Å². The summed E-state index contributed by atoms with van der Waals surface area (Å²) < 4.78 is 10.6. The molecule has 27 heavy (non-hydrogen) atoms. The van der Waals surface area contributed by atoms with Crippen LogP contribution < -0.4 is 0 Å². The van der Waals surface area contributed by atoms with Crippen LogP contribution >= 0.6 is 0 Å². The fourth-order valence-electron chi connectivity index (χ4n) is 3.59. The number of ketones is 1. The number of carbonyl (C=O) groups excluding carboxylic acids is 1. The van der Waals surface area contributed by atoms with Crippen molar-refractivity contribution in [2.75, 3.05) is 13.2 Å². The van der Waals surface area contributed by atoms with Crippen molar-refractivity contribution in [2.24, 2.45) is 11.8 Å². The Bertz CT molecular complexity index is 533. The van der Waals surface area contributed by atoms with Gasteiger partial charge in [-0.15, -0.1) is 0 Å². The highest BCUT2D eigenvalue weighted by molar-refractivity contribution is 5.84. The number of ether oxygens (including phenoxy) is 2. The van der Waals surface area contributed by atoms with Crippen molar-refractivity contribution in [3.05, 3.63) is 12.2 Å². The van der Waals surface area contributed by atoms with Crippen LogP contribution in [0.25, 0.3) is 0 Å². The highest BCUT2D eigenvalue weighted by Gasteiger charge is 2.43. The minimum atomic E-state index is -1.48. The number of allylic oxidation sites excluding steroid dienone is 1. The fourth-order valence-corrected chi connectivity index (χ4v) is 3.59. The van der Waals surface area contributed by atoms with Crippen molar-refractivity contribution in [3.8, 4) is 0 Å². The van der Waals surface area contributed by atoms with E-state index in [4.69, 9.17) is 19.7 Å². The molecule has 1 saturated carbocycles. The number of aliphatic carboxylic acids is 1. The van der Waals surface area contributed by atoms with E-state index >= 15 is 0 Å². The lowest BCUT2D eigenvalue weighted by atomic mass is 9.89. The Kier molecular flexibility index (Phi) is 8.33. The average molecular weight is 388 g/mol. The number of aliphatic hydroxyl groups excluding tert-OH is 4. The highest BCUT2D eigenvalue weighted by atomic mass is 16.7. The Hall–Kier alpha value is -1.36. The molecule has 0 amide bonds. The van der Waals surface area contributed by atoms with Gasteiger partial charge in [0.25, 0.3) is 0 Å². The van der Waals surface area contributed by atoms with Crippen LogP contribution in [0.15, 0.2) is 12.2 Å². The van der Waals surface area contributed by atoms with Crippen LogP contribution in [0, 0.1) is 11.8 Å². The van der Waals surface area contributed by atoms with Crippen LogP contribution in [-0.4, -0.2) is 81.2 Å². The lowest BCUT2D eigenvalue weighted by Gasteiger charge is -2.39. The van der Waals surface area contributed by atoms with Gasteiger partial charge in [-0.3, -0.25) is 9.59 Å². The summed E-state index contributed by atoms with van der Waals surface area (Å²) in [6.45, 7) is -0.353. The van der Waals surface area contributed by atoms with Crippen molar-refractivity contribution < 1.29 is 44.6 Å². The van der Waals surface area contributed by atoms with Crippen LogP contribution in [0.4, 0.5) is 0 Å². The smallest absolute Gasteiger partial charge is 0.303 e. The van der Waals surface area contributed by atoms with Crippen molar-refractivity contribution in [2.45, 2.75) is 62.8 Å². The van der Waals surface area contributed by atoms with Crippen LogP contribution in [0.2, 0.25) is 0 Å². The van der Waals surface area contributed by atoms with Gasteiger partial charge in [-0.05, 0) is 25.2 Å². The number of rotatable bonds is 9. The molecule has 0 bridgehead atoms. The van der Waals surface area contributed by atoms with Crippen molar-refractivity contribution >= 4 is 11.8 Å². The number of Topliss-reactive ketones (excluding diaryl/α,β-unsaturated/α-hetero) is 1. The van der Waals surface area contributed by atoms with Crippen molar-refractivity contribution in [1.29, 1.82) is 0 Å². The standard InChI is InChI=1S/C18H28O9/c19-9-13-15(23)16(24)17(25)18(27-13)26-7-3-1-2-4-11-10(8-14(21)22)5-6-12(11)20/h1-2,10-11,13,15-19,23-25H,3-9H2,(H,21,22)/b2-1-/t10-,11-,13+,15-,16-,17+,18-/m1/s1. The largest absolute Gasteiger partial charge is 0.481 e. The molecule has 0 unspecified atom stereocenters. The maximum atomic E-state index is 11.9. The molecule has 0 aromatic carbocycles. The summed E-state index contributed by atoms with van der Waals surface area (Å²) in [5, 5.41) is 47.3. The molecule has 0 radical (unpaired) electrons. The molecule has 1 heterocycles. The zero-order valence-electron chi connectivity index (χ0n) is 15.0. The van der Waals surface area contributed by atoms with Crippen molar-refractivity contribution in [3.63, 3.8) is 0 Å². The molecule has 0 aromatic rings. The molecule has 1 saturated heterocycles. The molecule has 1 aliphatic heterocycles. The highest BCUT2D eigenvalue weighted by Crippen LogP contribution is 2.34. The van der Waals surface area contributed by atoms with E-state index in [2.05, 4.69) is 0 Å². The molecule has 9 heteroatoms. The van der Waals surface area contributed by atoms with Gasteiger partial charge in [0.15, 0.2) is 6.29 Å². The van der Waals surface area contributed by atoms with Gasteiger partial charge >= 0.3 is 5.97 Å². The fraction of sp³-hybridized carbons (Fsp3) is 0.778. The Balaban J connectivity index is 1.73. The summed E-state index contributed by atoms with van der Waals surface area (Å²) in [7, 11) is 0. The second-order valence-electron chi connectivity index (χ2n) is 7.03. The first-order chi connectivity index (χ1) is 12.8. The van der Waals surface area contributed by atoms with Crippen molar-refractivity contribution in [1.82, 2.24) is 0 Å². The molecular weight excluding hydrogens is 360 g/mol. The van der Waals surface area contributed by atoms with E-state index in [1.54, 1.807) is 6.08 Å². The molecule has 7 atom stereocenters. The monoisotopic (exact) mass is 388 g/mol. The van der Waals surface area contributed by atoms with E-state index in [-0.39, 0.29) is 30.6 Å². The molecular formula is C18H28O9. The average Bonchev–Trinajstić information content (AvgIpc) is 2.96. The van der Waals surface area contributed by atoms with Gasteiger partial charge in [0, 0.05) is 18.8 Å². The topological polar surface area (TPSA) is 154 Å². The summed E-state index contributed by atoms with van der Waals surface area (Å²) in [5.41, 5.74) is 0. The minimum Gasteiger partial charge on any atom is -0.481 e. The lowest BCUT2D eigenvalue weighted by Crippen LogP contribution is -2.59. The Labute approximate surface area is 157 Å². The van der Waals surface area contributed by atoms with Crippen LogP contribution in [-0.2, 0) is 19.1 Å². The zero-order valence-corrected chi connectivity index (χ0v) is 15.0. The third-order valence-corrected chi connectivity index (χ3v) is 5.15. The zero-order chi connectivity index (χ0) is 20.0.